The quantitative estimate of drug-likeness (QED) is 0.364. The third-order valence-electron chi connectivity index (χ3n) is 9.39. The van der Waals surface area contributed by atoms with Crippen LogP contribution in [0, 0.1) is 36.5 Å². The Balaban J connectivity index is 1.22. The van der Waals surface area contributed by atoms with Gasteiger partial charge in [0.15, 0.2) is 11.5 Å². The van der Waals surface area contributed by atoms with E-state index in [2.05, 4.69) is 11.1 Å². The molecule has 9 nitrogen and oxygen atoms in total. The van der Waals surface area contributed by atoms with E-state index in [9.17, 15) is 19.2 Å². The van der Waals surface area contributed by atoms with Gasteiger partial charge in [0.2, 0.25) is 11.8 Å². The van der Waals surface area contributed by atoms with Crippen LogP contribution < -0.4 is 14.3 Å². The van der Waals surface area contributed by atoms with E-state index in [-0.39, 0.29) is 58.6 Å². The smallest absolute Gasteiger partial charge is 0.305 e. The number of aromatic amines is 1. The number of carboxylic acid groups (broad SMARTS) is 1. The monoisotopic (exact) mass is 606 g/mol. The normalized spacial score (nSPS) is 28.9. The van der Waals surface area contributed by atoms with Crippen molar-refractivity contribution in [3.63, 3.8) is 0 Å². The average Bonchev–Trinajstić information content (AvgIpc) is 3.69. The number of nitrogens with one attached hydrogen (secondary N) is 1. The van der Waals surface area contributed by atoms with Crippen molar-refractivity contribution < 1.29 is 29.0 Å². The molecule has 2 N–H and O–H groups in total. The molecule has 6 unspecified atom stereocenters. The Kier molecular flexibility index (Phi) is 6.69. The van der Waals surface area contributed by atoms with Crippen LogP contribution in [-0.2, 0) is 21.0 Å². The number of carboxylic acids is 1. The maximum atomic E-state index is 13.5. The summed E-state index contributed by atoms with van der Waals surface area (Å²) in [5.41, 5.74) is 3.19. The van der Waals surface area contributed by atoms with Crippen LogP contribution in [0.2, 0.25) is 0 Å². The number of fused-ring (bicyclic) bond motifs is 9. The fourth-order valence-corrected chi connectivity index (χ4v) is 10.7. The molecule has 218 valence electrons. The molecule has 4 aliphatic rings. The van der Waals surface area contributed by atoms with Crippen molar-refractivity contribution in [2.45, 2.75) is 42.6 Å². The molecule has 2 aliphatic carbocycles. The number of aromatic nitrogens is 1. The maximum absolute atomic E-state index is 13.5. The molecule has 2 aliphatic heterocycles. The molecule has 3 aromatic rings. The van der Waals surface area contributed by atoms with Gasteiger partial charge in [-0.05, 0) is 54.4 Å². The number of aliphatic carboxylic acids is 1. The van der Waals surface area contributed by atoms with E-state index in [1.807, 2.05) is 43.3 Å². The summed E-state index contributed by atoms with van der Waals surface area (Å²) < 4.78 is 11.9. The topological polar surface area (TPSA) is 126 Å². The minimum Gasteiger partial charge on any atom is -0.493 e. The van der Waals surface area contributed by atoms with Crippen molar-refractivity contribution in [2.75, 3.05) is 13.7 Å². The van der Waals surface area contributed by atoms with Crippen LogP contribution in [0.5, 0.6) is 11.5 Å². The molecule has 1 aromatic heterocycles. The number of rotatable bonds is 8. The van der Waals surface area contributed by atoms with Gasteiger partial charge in [-0.3, -0.25) is 24.1 Å². The lowest BCUT2D eigenvalue weighted by Crippen LogP contribution is -2.42. The number of thiazole rings is 1. The van der Waals surface area contributed by atoms with Gasteiger partial charge in [-0.2, -0.15) is 0 Å². The van der Waals surface area contributed by atoms with E-state index in [4.69, 9.17) is 14.6 Å². The Labute approximate surface area is 250 Å². The van der Waals surface area contributed by atoms with E-state index in [1.54, 1.807) is 18.9 Å². The Morgan fingerprint density at radius 2 is 1.86 bits per heavy atom. The molecule has 2 bridgehead atoms. The number of thioether (sulfide) groups is 1. The van der Waals surface area contributed by atoms with Crippen molar-refractivity contribution in [3.8, 4) is 11.5 Å². The number of ether oxygens (including phenoxy) is 2. The summed E-state index contributed by atoms with van der Waals surface area (Å²) in [7, 11) is 1.61. The zero-order valence-corrected chi connectivity index (χ0v) is 24.7. The van der Waals surface area contributed by atoms with Crippen LogP contribution in [0.25, 0.3) is 0 Å². The molecule has 3 fully saturated rings. The zero-order chi connectivity index (χ0) is 29.3. The Bertz CT molecular complexity index is 1660. The second kappa shape index (κ2) is 10.3. The zero-order valence-electron chi connectivity index (χ0n) is 23.1. The molecular formula is C31H30N2O7S2. The number of hydrogen-bond acceptors (Lipinski definition) is 8. The molecule has 11 heteroatoms. The third kappa shape index (κ3) is 4.27. The summed E-state index contributed by atoms with van der Waals surface area (Å²) >= 11 is 2.83. The first kappa shape index (κ1) is 27.3. The van der Waals surface area contributed by atoms with Gasteiger partial charge < -0.3 is 19.6 Å². The van der Waals surface area contributed by atoms with E-state index in [0.717, 1.165) is 33.0 Å². The van der Waals surface area contributed by atoms with E-state index in [0.29, 0.717) is 18.1 Å². The number of imide groups is 1. The number of nitrogens with zero attached hydrogens (tertiary/aromatic N) is 1. The fourth-order valence-electron chi connectivity index (χ4n) is 7.84. The summed E-state index contributed by atoms with van der Waals surface area (Å²) in [6, 6.07) is 14.0. The summed E-state index contributed by atoms with van der Waals surface area (Å²) in [5.74, 6) is -1.35. The van der Waals surface area contributed by atoms with Crippen LogP contribution in [-0.4, -0.2) is 51.7 Å². The van der Waals surface area contributed by atoms with E-state index >= 15 is 0 Å². The highest BCUT2D eigenvalue weighted by Gasteiger charge is 2.69. The minimum atomic E-state index is -1.03. The van der Waals surface area contributed by atoms with Gasteiger partial charge in [0.05, 0.1) is 30.4 Å². The lowest BCUT2D eigenvalue weighted by Gasteiger charge is -2.43. The Hall–Kier alpha value is -3.57. The first-order valence-electron chi connectivity index (χ1n) is 14.1. The second-order valence-electron chi connectivity index (χ2n) is 11.6. The molecular weight excluding hydrogens is 576 g/mol. The highest BCUT2D eigenvalue weighted by Crippen LogP contribution is 2.68. The lowest BCUT2D eigenvalue weighted by molar-refractivity contribution is -0.142. The molecule has 2 saturated carbocycles. The predicted octanol–water partition coefficient (Wildman–Crippen LogP) is 4.28. The van der Waals surface area contributed by atoms with Crippen LogP contribution in [0.15, 0.2) is 52.3 Å². The number of H-pyrrole nitrogens is 1. The first-order chi connectivity index (χ1) is 20.2. The van der Waals surface area contributed by atoms with E-state index < -0.39 is 17.8 Å². The van der Waals surface area contributed by atoms with Crippen LogP contribution in [0.3, 0.4) is 0 Å². The molecule has 0 spiro atoms. The predicted molar refractivity (Wildman–Crippen MR) is 156 cm³/mol. The summed E-state index contributed by atoms with van der Waals surface area (Å²) in [4.78, 5) is 55.7. The number of carbonyl (C=O) groups excluding carboxylic acids is 2. The molecule has 3 heterocycles. The Morgan fingerprint density at radius 1 is 1.07 bits per heavy atom. The molecule has 7 rings (SSSR count). The summed E-state index contributed by atoms with van der Waals surface area (Å²) in [6.07, 6.45) is 0.513. The van der Waals surface area contributed by atoms with Crippen LogP contribution >= 0.6 is 23.1 Å². The van der Waals surface area contributed by atoms with Gasteiger partial charge >= 0.3 is 10.8 Å². The van der Waals surface area contributed by atoms with E-state index in [1.165, 1.54) is 16.2 Å². The van der Waals surface area contributed by atoms with Crippen LogP contribution in [0.4, 0.5) is 0 Å². The second-order valence-corrected chi connectivity index (χ2v) is 13.8. The van der Waals surface area contributed by atoms with Crippen molar-refractivity contribution in [1.82, 2.24) is 9.88 Å². The van der Waals surface area contributed by atoms with Crippen molar-refractivity contribution >= 4 is 40.9 Å². The van der Waals surface area contributed by atoms with Gasteiger partial charge in [0, 0.05) is 22.6 Å². The third-order valence-corrected chi connectivity index (χ3v) is 12.0. The van der Waals surface area contributed by atoms with Crippen molar-refractivity contribution in [3.05, 3.63) is 73.7 Å². The Morgan fingerprint density at radius 3 is 2.60 bits per heavy atom. The number of aryl methyl sites for hydroxylation is 1. The standard InChI is InChI=1S/C31H30N2O7S2/c1-14-4-3-5-15(10-14)13-40-19-7-6-16(11-20(19)39-2)22-23-17-12-18(26(23)41-28-27(22)42-31(38)32-28)25-24(17)29(36)33(30(25)37)9-8-21(34)35/h3-7,10-11,17-18,22-26H,8-9,12-13H2,1-2H3,(H,32,38)(H,34,35)/t17?,18?,22-,23?,24?,25?,26?/m1/s1. The molecule has 2 aromatic carbocycles. The highest BCUT2D eigenvalue weighted by atomic mass is 32.2. The van der Waals surface area contributed by atoms with Gasteiger partial charge in [0.1, 0.15) is 6.61 Å². The number of amides is 2. The minimum absolute atomic E-state index is 0.0147. The maximum Gasteiger partial charge on any atom is 0.305 e. The molecule has 7 atom stereocenters. The molecule has 1 saturated heterocycles. The fraction of sp³-hybridized carbons (Fsp3) is 0.419. The number of carbonyl (C=O) groups is 3. The molecule has 42 heavy (non-hydrogen) atoms. The summed E-state index contributed by atoms with van der Waals surface area (Å²) in [5, 5.41) is 10.0. The average molecular weight is 607 g/mol. The SMILES string of the molecule is COc1cc([C@H]2c3sc(=O)[nH]c3SC3C4CC(C5C(=O)N(CCC(=O)O)C(=O)C45)C32)ccc1OCc1cccc(C)c1. The lowest BCUT2D eigenvalue weighted by atomic mass is 9.68. The van der Waals surface area contributed by atoms with Gasteiger partial charge in [0.25, 0.3) is 0 Å². The van der Waals surface area contributed by atoms with Gasteiger partial charge in [-0.25, -0.2) is 0 Å². The summed E-state index contributed by atoms with van der Waals surface area (Å²) in [6.45, 7) is 2.35. The van der Waals surface area contributed by atoms with Gasteiger partial charge in [-0.1, -0.05) is 47.2 Å². The van der Waals surface area contributed by atoms with Crippen molar-refractivity contribution in [1.29, 1.82) is 0 Å². The first-order valence-corrected chi connectivity index (χ1v) is 15.8. The highest BCUT2D eigenvalue weighted by molar-refractivity contribution is 8.00. The van der Waals surface area contributed by atoms with Gasteiger partial charge in [-0.15, -0.1) is 11.8 Å². The number of likely N-dealkylation sites (tertiary alicyclic amines) is 1. The number of hydrogen-bond donors (Lipinski definition) is 2. The van der Waals surface area contributed by atoms with Crippen LogP contribution in [0.1, 0.15) is 40.3 Å². The van der Waals surface area contributed by atoms with Crippen molar-refractivity contribution in [2.24, 2.45) is 29.6 Å². The molecule has 0 radical (unpaired) electrons. The number of methoxy groups -OCH3 is 1. The molecule has 2 amide bonds. The largest absolute Gasteiger partial charge is 0.493 e. The number of benzene rings is 2.